The van der Waals surface area contributed by atoms with Gasteiger partial charge in [-0.1, -0.05) is 23.7 Å². The largest absolute Gasteiger partial charge is 0.454 e. The number of anilines is 1. The lowest BCUT2D eigenvalue weighted by atomic mass is 10.1. The number of ether oxygens (including phenoxy) is 2. The topological polar surface area (TPSA) is 60.7 Å². The zero-order valence-electron chi connectivity index (χ0n) is 14.5. The number of hydrogen-bond acceptors (Lipinski definition) is 5. The van der Waals surface area contributed by atoms with E-state index in [0.29, 0.717) is 12.2 Å². The zero-order chi connectivity index (χ0) is 19.1. The van der Waals surface area contributed by atoms with Crippen molar-refractivity contribution in [2.45, 2.75) is 6.54 Å². The van der Waals surface area contributed by atoms with Gasteiger partial charge < -0.3 is 14.8 Å². The first-order chi connectivity index (χ1) is 13.7. The molecule has 0 aliphatic carbocycles. The second kappa shape index (κ2) is 6.69. The lowest BCUT2D eigenvalue weighted by Gasteiger charge is -2.09. The van der Waals surface area contributed by atoms with Crippen molar-refractivity contribution in [1.82, 2.24) is 14.6 Å². The molecule has 0 amide bonds. The third-order valence-electron chi connectivity index (χ3n) is 4.54. The third kappa shape index (κ3) is 2.90. The molecule has 0 spiro atoms. The number of rotatable bonds is 4. The van der Waals surface area contributed by atoms with Crippen LogP contribution in [0.25, 0.3) is 16.8 Å². The van der Waals surface area contributed by atoms with Gasteiger partial charge in [-0.2, -0.15) is 9.61 Å². The van der Waals surface area contributed by atoms with E-state index in [1.807, 2.05) is 24.3 Å². The van der Waals surface area contributed by atoms with Crippen LogP contribution in [-0.4, -0.2) is 21.4 Å². The Balaban J connectivity index is 1.44. The molecule has 0 saturated heterocycles. The van der Waals surface area contributed by atoms with Crippen LogP contribution in [0.5, 0.6) is 11.5 Å². The van der Waals surface area contributed by atoms with E-state index in [2.05, 4.69) is 15.4 Å². The van der Waals surface area contributed by atoms with Crippen LogP contribution < -0.4 is 14.8 Å². The number of fused-ring (bicyclic) bond motifs is 2. The van der Waals surface area contributed by atoms with Gasteiger partial charge in [0.1, 0.15) is 11.6 Å². The summed E-state index contributed by atoms with van der Waals surface area (Å²) in [7, 11) is 0. The minimum Gasteiger partial charge on any atom is -0.454 e. The normalized spacial score (nSPS) is 12.5. The predicted molar refractivity (Wildman–Crippen MR) is 103 cm³/mol. The fraction of sp³-hybridized carbons (Fsp3) is 0.100. The highest BCUT2D eigenvalue weighted by Crippen LogP contribution is 2.33. The molecule has 0 bridgehead atoms. The molecule has 28 heavy (non-hydrogen) atoms. The highest BCUT2D eigenvalue weighted by molar-refractivity contribution is 6.31. The first kappa shape index (κ1) is 16.8. The van der Waals surface area contributed by atoms with E-state index in [9.17, 15) is 4.39 Å². The van der Waals surface area contributed by atoms with Crippen LogP contribution in [0.2, 0.25) is 5.02 Å². The fourth-order valence-electron chi connectivity index (χ4n) is 3.14. The molecule has 140 valence electrons. The van der Waals surface area contributed by atoms with Crippen LogP contribution in [0, 0.1) is 5.82 Å². The number of hydrogen-bond donors (Lipinski definition) is 1. The van der Waals surface area contributed by atoms with E-state index in [1.54, 1.807) is 29.0 Å². The molecule has 0 fully saturated rings. The molecule has 1 aliphatic rings. The zero-order valence-corrected chi connectivity index (χ0v) is 15.3. The molecule has 2 aromatic heterocycles. The summed E-state index contributed by atoms with van der Waals surface area (Å²) in [6.07, 6.45) is 3.39. The van der Waals surface area contributed by atoms with E-state index in [0.717, 1.165) is 34.0 Å². The van der Waals surface area contributed by atoms with Gasteiger partial charge in [0.25, 0.3) is 0 Å². The molecular weight excluding hydrogens is 383 g/mol. The van der Waals surface area contributed by atoms with Crippen LogP contribution >= 0.6 is 11.6 Å². The fourth-order valence-corrected chi connectivity index (χ4v) is 3.32. The molecule has 1 aliphatic heterocycles. The Hall–Kier alpha value is -3.32. The second-order valence-corrected chi connectivity index (χ2v) is 6.70. The average molecular weight is 397 g/mol. The third-order valence-corrected chi connectivity index (χ3v) is 4.83. The van der Waals surface area contributed by atoms with Crippen LogP contribution in [0.15, 0.2) is 54.9 Å². The number of benzene rings is 2. The van der Waals surface area contributed by atoms with Gasteiger partial charge >= 0.3 is 0 Å². The van der Waals surface area contributed by atoms with E-state index >= 15 is 0 Å². The highest BCUT2D eigenvalue weighted by Gasteiger charge is 2.14. The monoisotopic (exact) mass is 396 g/mol. The summed E-state index contributed by atoms with van der Waals surface area (Å²) in [5, 5.41) is 7.85. The minimum atomic E-state index is -0.457. The van der Waals surface area contributed by atoms with Gasteiger partial charge in [-0.15, -0.1) is 0 Å². The van der Waals surface area contributed by atoms with E-state index < -0.39 is 5.82 Å². The average Bonchev–Trinajstić information content (AvgIpc) is 3.35. The Morgan fingerprint density at radius 3 is 2.89 bits per heavy atom. The maximum atomic E-state index is 13.5. The molecule has 2 aromatic carbocycles. The molecular formula is C20H14ClFN4O2. The standard InChI is InChI=1S/C20H14ClFN4O2/c21-15-8-13(2-3-16(15)22)14-10-25-26-19(5-6-23-20(14)26)24-9-12-1-4-17-18(7-12)28-11-27-17/h1-8,10,24H,9,11H2. The molecule has 5 rings (SSSR count). The Morgan fingerprint density at radius 2 is 2.00 bits per heavy atom. The van der Waals surface area contributed by atoms with Crippen molar-refractivity contribution in [3.63, 3.8) is 0 Å². The minimum absolute atomic E-state index is 0.0638. The highest BCUT2D eigenvalue weighted by atomic mass is 35.5. The molecule has 3 heterocycles. The molecule has 0 unspecified atom stereocenters. The Kier molecular flexibility index (Phi) is 4.02. The number of nitrogens with one attached hydrogen (secondary N) is 1. The first-order valence-corrected chi connectivity index (χ1v) is 8.97. The molecule has 8 heteroatoms. The molecule has 6 nitrogen and oxygen atoms in total. The summed E-state index contributed by atoms with van der Waals surface area (Å²) < 4.78 is 25.9. The van der Waals surface area contributed by atoms with Gasteiger partial charge in [0.15, 0.2) is 17.1 Å². The summed E-state index contributed by atoms with van der Waals surface area (Å²) in [4.78, 5) is 4.42. The van der Waals surface area contributed by atoms with Crippen LogP contribution in [0.1, 0.15) is 5.56 Å². The smallest absolute Gasteiger partial charge is 0.231 e. The SMILES string of the molecule is Fc1ccc(-c2cnn3c(NCc4ccc5c(c4)OCO5)ccnc23)cc1Cl. The van der Waals surface area contributed by atoms with E-state index in [-0.39, 0.29) is 11.8 Å². The van der Waals surface area contributed by atoms with Gasteiger partial charge in [0.2, 0.25) is 6.79 Å². The van der Waals surface area contributed by atoms with Gasteiger partial charge in [0, 0.05) is 18.3 Å². The van der Waals surface area contributed by atoms with Crippen molar-refractivity contribution in [3.8, 4) is 22.6 Å². The molecule has 0 saturated carbocycles. The quantitative estimate of drug-likeness (QED) is 0.549. The van der Waals surface area contributed by atoms with Crippen molar-refractivity contribution in [1.29, 1.82) is 0 Å². The summed E-state index contributed by atoms with van der Waals surface area (Å²) in [5.41, 5.74) is 3.22. The van der Waals surface area contributed by atoms with Crippen molar-refractivity contribution in [2.24, 2.45) is 0 Å². The van der Waals surface area contributed by atoms with E-state index in [4.69, 9.17) is 21.1 Å². The van der Waals surface area contributed by atoms with Crippen LogP contribution in [0.4, 0.5) is 10.2 Å². The summed E-state index contributed by atoms with van der Waals surface area (Å²) in [6, 6.07) is 12.2. The van der Waals surface area contributed by atoms with Gasteiger partial charge in [0.05, 0.1) is 11.2 Å². The van der Waals surface area contributed by atoms with Gasteiger partial charge in [-0.25, -0.2) is 9.37 Å². The maximum Gasteiger partial charge on any atom is 0.231 e. The molecule has 1 N–H and O–H groups in total. The van der Waals surface area contributed by atoms with Crippen molar-refractivity contribution in [3.05, 3.63) is 71.3 Å². The van der Waals surface area contributed by atoms with Gasteiger partial charge in [-0.3, -0.25) is 0 Å². The lowest BCUT2D eigenvalue weighted by Crippen LogP contribution is -2.05. The van der Waals surface area contributed by atoms with E-state index in [1.165, 1.54) is 6.07 Å². The molecule has 0 atom stereocenters. The number of aromatic nitrogens is 3. The van der Waals surface area contributed by atoms with Crippen LogP contribution in [0.3, 0.4) is 0 Å². The number of nitrogens with zero attached hydrogens (tertiary/aromatic N) is 3. The molecule has 0 radical (unpaired) electrons. The summed E-state index contributed by atoms with van der Waals surface area (Å²) >= 11 is 5.92. The lowest BCUT2D eigenvalue weighted by molar-refractivity contribution is 0.174. The predicted octanol–water partition coefficient (Wildman–Crippen LogP) is 4.53. The van der Waals surface area contributed by atoms with Crippen molar-refractivity contribution < 1.29 is 13.9 Å². The maximum absolute atomic E-state index is 13.5. The summed E-state index contributed by atoms with van der Waals surface area (Å²) in [6.45, 7) is 0.827. The Labute approximate surface area is 164 Å². The van der Waals surface area contributed by atoms with Gasteiger partial charge in [-0.05, 0) is 41.5 Å². The summed E-state index contributed by atoms with van der Waals surface area (Å²) in [5.74, 6) is 1.82. The number of halogens is 2. The van der Waals surface area contributed by atoms with Crippen molar-refractivity contribution in [2.75, 3.05) is 12.1 Å². The van der Waals surface area contributed by atoms with Crippen LogP contribution in [-0.2, 0) is 6.54 Å². The molecule has 4 aromatic rings. The Bertz CT molecular complexity index is 1190. The first-order valence-electron chi connectivity index (χ1n) is 8.59. The Morgan fingerprint density at radius 1 is 1.11 bits per heavy atom. The van der Waals surface area contributed by atoms with Crippen molar-refractivity contribution >= 4 is 23.1 Å². The second-order valence-electron chi connectivity index (χ2n) is 6.29.